The molecule has 0 amide bonds. The summed E-state index contributed by atoms with van der Waals surface area (Å²) in [4.78, 5) is 0. The Labute approximate surface area is 96.0 Å². The highest BCUT2D eigenvalue weighted by atomic mass is 32.2. The number of aryl methyl sites for hydroxylation is 1. The van der Waals surface area contributed by atoms with Gasteiger partial charge in [0.2, 0.25) is 0 Å². The molecule has 3 N–H and O–H groups in total. The van der Waals surface area contributed by atoms with Gasteiger partial charge in [-0.3, -0.25) is 4.68 Å². The third-order valence-corrected chi connectivity index (χ3v) is 3.47. The topological polar surface area (TPSA) is 90.4 Å². The fraction of sp³-hybridized carbons (Fsp3) is 0.667. The summed E-state index contributed by atoms with van der Waals surface area (Å²) in [5, 5.41) is 20.0. The SMILES string of the molecule is Cn1nc(S(N)=O)cc1C1(O)CCOCC1. The van der Waals surface area contributed by atoms with E-state index in [2.05, 4.69) is 5.10 Å². The molecular weight excluding hydrogens is 230 g/mol. The summed E-state index contributed by atoms with van der Waals surface area (Å²) in [6.45, 7) is 1.03. The molecular formula is C9H15N3O3S. The Morgan fingerprint density at radius 3 is 2.75 bits per heavy atom. The predicted molar refractivity (Wildman–Crippen MR) is 57.8 cm³/mol. The summed E-state index contributed by atoms with van der Waals surface area (Å²) in [5.41, 5.74) is -0.304. The van der Waals surface area contributed by atoms with Crippen LogP contribution in [0, 0.1) is 0 Å². The van der Waals surface area contributed by atoms with Gasteiger partial charge in [-0.15, -0.1) is 0 Å². The Hall–Kier alpha value is -0.760. The number of rotatable bonds is 2. The maximum atomic E-state index is 11.1. The molecule has 1 atom stereocenters. The molecule has 2 heterocycles. The lowest BCUT2D eigenvalue weighted by atomic mass is 9.91. The molecule has 1 fully saturated rings. The third-order valence-electron chi connectivity index (χ3n) is 2.86. The first-order chi connectivity index (χ1) is 7.53. The number of ether oxygens (including phenoxy) is 1. The van der Waals surface area contributed by atoms with Crippen molar-refractivity contribution in [2.45, 2.75) is 23.5 Å². The molecule has 1 aliphatic heterocycles. The molecule has 1 aromatic heterocycles. The second-order valence-corrected chi connectivity index (χ2v) is 4.95. The monoisotopic (exact) mass is 245 g/mol. The molecule has 0 radical (unpaired) electrons. The molecule has 1 saturated heterocycles. The second-order valence-electron chi connectivity index (χ2n) is 3.93. The molecule has 0 aromatic carbocycles. The second kappa shape index (κ2) is 4.25. The zero-order valence-corrected chi connectivity index (χ0v) is 9.87. The van der Waals surface area contributed by atoms with Gasteiger partial charge in [0.15, 0.2) is 5.03 Å². The Morgan fingerprint density at radius 2 is 2.25 bits per heavy atom. The van der Waals surface area contributed by atoms with Crippen LogP contribution in [0.4, 0.5) is 0 Å². The van der Waals surface area contributed by atoms with E-state index in [1.165, 1.54) is 4.68 Å². The summed E-state index contributed by atoms with van der Waals surface area (Å²) in [7, 11) is 0.0921. The standard InChI is InChI=1S/C9H15N3O3S/c1-12-7(6-8(11-12)16(10)14)9(13)2-4-15-5-3-9/h6,13H,2-5,10H2,1H3. The first-order valence-corrected chi connectivity index (χ1v) is 6.25. The van der Waals surface area contributed by atoms with Gasteiger partial charge < -0.3 is 9.84 Å². The summed E-state index contributed by atoms with van der Waals surface area (Å²) in [6.07, 6.45) is 1.03. The smallest absolute Gasteiger partial charge is 0.164 e. The van der Waals surface area contributed by atoms with Gasteiger partial charge >= 0.3 is 0 Å². The van der Waals surface area contributed by atoms with Crippen LogP contribution in [0.15, 0.2) is 11.1 Å². The Morgan fingerprint density at radius 1 is 1.62 bits per heavy atom. The van der Waals surface area contributed by atoms with Crippen molar-refractivity contribution < 1.29 is 14.1 Å². The van der Waals surface area contributed by atoms with E-state index < -0.39 is 16.6 Å². The van der Waals surface area contributed by atoms with Gasteiger partial charge in [0.25, 0.3) is 0 Å². The summed E-state index contributed by atoms with van der Waals surface area (Å²) in [6, 6.07) is 1.60. The Balaban J connectivity index is 2.35. The predicted octanol–water partition coefficient (Wildman–Crippen LogP) is -0.601. The number of aliphatic hydroxyl groups is 1. The molecule has 90 valence electrons. The third kappa shape index (κ3) is 2.03. The fourth-order valence-electron chi connectivity index (χ4n) is 1.94. The van der Waals surface area contributed by atoms with Crippen molar-refractivity contribution in [1.82, 2.24) is 9.78 Å². The van der Waals surface area contributed by atoms with Crippen LogP contribution < -0.4 is 5.14 Å². The number of aromatic nitrogens is 2. The van der Waals surface area contributed by atoms with Crippen LogP contribution >= 0.6 is 0 Å². The Kier molecular flexibility index (Phi) is 3.11. The lowest BCUT2D eigenvalue weighted by Crippen LogP contribution is -2.35. The lowest BCUT2D eigenvalue weighted by molar-refractivity contribution is -0.0725. The van der Waals surface area contributed by atoms with E-state index in [1.807, 2.05) is 0 Å². The maximum absolute atomic E-state index is 11.1. The molecule has 1 aromatic rings. The first-order valence-electron chi connectivity index (χ1n) is 5.04. The van der Waals surface area contributed by atoms with E-state index in [-0.39, 0.29) is 5.03 Å². The molecule has 16 heavy (non-hydrogen) atoms. The van der Waals surface area contributed by atoms with Crippen molar-refractivity contribution in [3.63, 3.8) is 0 Å². The highest BCUT2D eigenvalue weighted by Gasteiger charge is 2.35. The van der Waals surface area contributed by atoms with E-state index >= 15 is 0 Å². The molecule has 6 nitrogen and oxygen atoms in total. The largest absolute Gasteiger partial charge is 0.383 e. The number of hydrogen-bond donors (Lipinski definition) is 2. The number of nitrogens with zero attached hydrogens (tertiary/aromatic N) is 2. The van der Waals surface area contributed by atoms with Gasteiger partial charge in [-0.25, -0.2) is 9.35 Å². The van der Waals surface area contributed by atoms with Crippen LogP contribution in [-0.2, 0) is 28.4 Å². The van der Waals surface area contributed by atoms with Crippen molar-refractivity contribution in [2.75, 3.05) is 13.2 Å². The molecule has 1 unspecified atom stereocenters. The van der Waals surface area contributed by atoms with Gasteiger partial charge in [0.05, 0.1) is 5.69 Å². The minimum absolute atomic E-state index is 0.289. The molecule has 0 aliphatic carbocycles. The van der Waals surface area contributed by atoms with E-state index in [1.54, 1.807) is 13.1 Å². The maximum Gasteiger partial charge on any atom is 0.164 e. The quantitative estimate of drug-likeness (QED) is 0.728. The molecule has 7 heteroatoms. The van der Waals surface area contributed by atoms with E-state index in [0.29, 0.717) is 31.7 Å². The van der Waals surface area contributed by atoms with Gasteiger partial charge in [0, 0.05) is 39.2 Å². The highest BCUT2D eigenvalue weighted by molar-refractivity contribution is 7.82. The van der Waals surface area contributed by atoms with Gasteiger partial charge in [0.1, 0.15) is 16.6 Å². The van der Waals surface area contributed by atoms with Crippen LogP contribution in [0.1, 0.15) is 18.5 Å². The van der Waals surface area contributed by atoms with Gasteiger partial charge in [-0.05, 0) is 0 Å². The average molecular weight is 245 g/mol. The zero-order chi connectivity index (χ0) is 11.8. The molecule has 1 aliphatic rings. The van der Waals surface area contributed by atoms with Crippen molar-refractivity contribution in [1.29, 1.82) is 0 Å². The molecule has 0 bridgehead atoms. The van der Waals surface area contributed by atoms with Gasteiger partial charge in [-0.2, -0.15) is 5.10 Å². The van der Waals surface area contributed by atoms with Crippen LogP contribution in [0.25, 0.3) is 0 Å². The van der Waals surface area contributed by atoms with E-state index in [4.69, 9.17) is 9.88 Å². The number of nitrogens with two attached hydrogens (primary N) is 1. The van der Waals surface area contributed by atoms with Crippen molar-refractivity contribution in [3.8, 4) is 0 Å². The van der Waals surface area contributed by atoms with Crippen LogP contribution in [0.3, 0.4) is 0 Å². The molecule has 0 spiro atoms. The van der Waals surface area contributed by atoms with E-state index in [9.17, 15) is 9.32 Å². The fourth-order valence-corrected chi connectivity index (χ4v) is 2.37. The summed E-state index contributed by atoms with van der Waals surface area (Å²) in [5.74, 6) is 0. The average Bonchev–Trinajstić information content (AvgIpc) is 2.62. The van der Waals surface area contributed by atoms with Crippen LogP contribution in [0.5, 0.6) is 0 Å². The first kappa shape index (κ1) is 11.7. The zero-order valence-electron chi connectivity index (χ0n) is 9.05. The lowest BCUT2D eigenvalue weighted by Gasteiger charge is -2.31. The minimum Gasteiger partial charge on any atom is -0.383 e. The van der Waals surface area contributed by atoms with Crippen LogP contribution in [0.2, 0.25) is 0 Å². The van der Waals surface area contributed by atoms with Crippen molar-refractivity contribution >= 4 is 11.0 Å². The summed E-state index contributed by atoms with van der Waals surface area (Å²) < 4.78 is 17.8. The number of hydrogen-bond acceptors (Lipinski definition) is 4. The Bertz CT molecular complexity index is 412. The van der Waals surface area contributed by atoms with E-state index in [0.717, 1.165) is 0 Å². The molecule has 2 rings (SSSR count). The van der Waals surface area contributed by atoms with Crippen molar-refractivity contribution in [3.05, 3.63) is 11.8 Å². The minimum atomic E-state index is -1.62. The van der Waals surface area contributed by atoms with Gasteiger partial charge in [-0.1, -0.05) is 0 Å². The normalized spacial score (nSPS) is 21.9. The van der Waals surface area contributed by atoms with Crippen LogP contribution in [-0.4, -0.2) is 32.3 Å². The molecule has 0 saturated carbocycles. The summed E-state index contributed by atoms with van der Waals surface area (Å²) >= 11 is 0. The van der Waals surface area contributed by atoms with Crippen molar-refractivity contribution in [2.24, 2.45) is 12.2 Å². The highest BCUT2D eigenvalue weighted by Crippen LogP contribution is 2.32.